The van der Waals surface area contributed by atoms with Gasteiger partial charge in [-0.3, -0.25) is 9.78 Å². The van der Waals surface area contributed by atoms with Gasteiger partial charge < -0.3 is 14.8 Å². The molecule has 0 bridgehead atoms. The highest BCUT2D eigenvalue weighted by Crippen LogP contribution is 2.27. The number of aryl methyl sites for hydroxylation is 1. The van der Waals surface area contributed by atoms with Crippen LogP contribution in [0, 0.1) is 6.92 Å². The molecule has 6 nitrogen and oxygen atoms in total. The maximum atomic E-state index is 12.7. The molecule has 1 aliphatic carbocycles. The second-order valence-corrected chi connectivity index (χ2v) is 8.39. The average molecular weight is 496 g/mol. The first-order valence-electron chi connectivity index (χ1n) is 11.1. The highest BCUT2D eigenvalue weighted by atomic mass is 19.4. The predicted octanol–water partition coefficient (Wildman–Crippen LogP) is 5.44. The largest absolute Gasteiger partial charge is 0.573 e. The van der Waals surface area contributed by atoms with Crippen molar-refractivity contribution in [3.63, 3.8) is 0 Å². The van der Waals surface area contributed by atoms with Crippen LogP contribution < -0.4 is 10.1 Å². The van der Waals surface area contributed by atoms with Gasteiger partial charge in [-0.25, -0.2) is 4.79 Å². The number of halogens is 3. The molecule has 0 atom stereocenters. The number of nitrogens with zero attached hydrogens (tertiary/aromatic N) is 1. The van der Waals surface area contributed by atoms with Crippen molar-refractivity contribution in [3.8, 4) is 5.75 Å². The van der Waals surface area contributed by atoms with Gasteiger partial charge in [-0.15, -0.1) is 13.2 Å². The van der Waals surface area contributed by atoms with E-state index >= 15 is 0 Å². The van der Waals surface area contributed by atoms with Gasteiger partial charge in [0.2, 0.25) is 0 Å². The van der Waals surface area contributed by atoms with Crippen molar-refractivity contribution in [1.29, 1.82) is 0 Å². The number of esters is 1. The standard InChI is InChI=1S/C27H23F3N2O4/c1-16-6-7-17(9-25(33)18-4-3-5-23(12-18)36-27(28,29)30)8-21(16)14-31-22-11-19-10-20(26(34)35-2)13-24(19)32-15-22/h3-8,10-12,15,31H,9,13-14H2,1-2H3. The Kier molecular flexibility index (Phi) is 7.10. The van der Waals surface area contributed by atoms with Crippen LogP contribution in [0.1, 0.15) is 38.3 Å². The molecule has 3 aromatic rings. The van der Waals surface area contributed by atoms with Crippen LogP contribution in [0.5, 0.6) is 5.75 Å². The molecule has 0 saturated carbocycles. The number of Topliss-reactive ketones (excluding diaryl/α,β-unsaturated/α-hetero) is 1. The lowest BCUT2D eigenvalue weighted by Gasteiger charge is -2.12. The van der Waals surface area contributed by atoms with Crippen molar-refractivity contribution < 1.29 is 32.2 Å². The van der Waals surface area contributed by atoms with E-state index in [1.165, 1.54) is 19.2 Å². The average Bonchev–Trinajstić information content (AvgIpc) is 3.26. The molecule has 0 aliphatic heterocycles. The van der Waals surface area contributed by atoms with Gasteiger partial charge in [0.1, 0.15) is 5.75 Å². The number of ketones is 1. The maximum absolute atomic E-state index is 12.7. The van der Waals surface area contributed by atoms with Crippen LogP contribution >= 0.6 is 0 Å². The summed E-state index contributed by atoms with van der Waals surface area (Å²) >= 11 is 0. The molecule has 0 fully saturated rings. The van der Waals surface area contributed by atoms with Crippen molar-refractivity contribution in [3.05, 3.63) is 93.8 Å². The highest BCUT2D eigenvalue weighted by Gasteiger charge is 2.31. The summed E-state index contributed by atoms with van der Waals surface area (Å²) < 4.78 is 46.2. The third-order valence-corrected chi connectivity index (χ3v) is 5.79. The number of hydrogen-bond acceptors (Lipinski definition) is 6. The zero-order valence-electron chi connectivity index (χ0n) is 19.6. The lowest BCUT2D eigenvalue weighted by atomic mass is 9.98. The molecule has 4 rings (SSSR count). The van der Waals surface area contributed by atoms with E-state index in [9.17, 15) is 22.8 Å². The second kappa shape index (κ2) is 10.2. The molecule has 36 heavy (non-hydrogen) atoms. The number of rotatable bonds is 8. The highest BCUT2D eigenvalue weighted by molar-refractivity contribution is 5.98. The van der Waals surface area contributed by atoms with Crippen LogP contribution in [0.25, 0.3) is 6.08 Å². The number of methoxy groups -OCH3 is 1. The number of nitrogens with one attached hydrogen (secondary N) is 1. The summed E-state index contributed by atoms with van der Waals surface area (Å²) in [5, 5.41) is 3.32. The lowest BCUT2D eigenvalue weighted by Crippen LogP contribution is -2.17. The van der Waals surface area contributed by atoms with Gasteiger partial charge in [0.15, 0.2) is 5.78 Å². The number of carbonyl (C=O) groups is 2. The van der Waals surface area contributed by atoms with Gasteiger partial charge in [-0.1, -0.05) is 30.3 Å². The number of benzene rings is 2. The Morgan fingerprint density at radius 2 is 1.92 bits per heavy atom. The van der Waals surface area contributed by atoms with Gasteiger partial charge in [0, 0.05) is 30.5 Å². The number of ether oxygens (including phenoxy) is 2. The van der Waals surface area contributed by atoms with Gasteiger partial charge in [0.25, 0.3) is 0 Å². The summed E-state index contributed by atoms with van der Waals surface area (Å²) in [4.78, 5) is 28.9. The Bertz CT molecular complexity index is 1350. The smallest absolute Gasteiger partial charge is 0.466 e. The normalized spacial score (nSPS) is 12.5. The molecule has 9 heteroatoms. The third-order valence-electron chi connectivity index (χ3n) is 5.79. The summed E-state index contributed by atoms with van der Waals surface area (Å²) in [5.74, 6) is -1.12. The number of anilines is 1. The minimum absolute atomic E-state index is 0.0320. The van der Waals surface area contributed by atoms with E-state index in [2.05, 4.69) is 15.0 Å². The Hall–Kier alpha value is -4.14. The Labute approximate surface area is 205 Å². The monoisotopic (exact) mass is 496 g/mol. The number of hydrogen-bond donors (Lipinski definition) is 1. The number of aromatic nitrogens is 1. The fourth-order valence-electron chi connectivity index (χ4n) is 3.94. The van der Waals surface area contributed by atoms with Crippen molar-refractivity contribution >= 4 is 23.5 Å². The summed E-state index contributed by atoms with van der Waals surface area (Å²) in [6.07, 6.45) is -0.890. The molecule has 1 aromatic heterocycles. The van der Waals surface area contributed by atoms with Crippen molar-refractivity contribution in [2.45, 2.75) is 32.7 Å². The van der Waals surface area contributed by atoms with E-state index in [1.807, 2.05) is 31.2 Å². The van der Waals surface area contributed by atoms with E-state index < -0.39 is 12.1 Å². The Balaban J connectivity index is 1.43. The van der Waals surface area contributed by atoms with Crippen molar-refractivity contribution in [2.24, 2.45) is 0 Å². The molecular formula is C27H23F3N2O4. The number of pyridine rings is 1. The van der Waals surface area contributed by atoms with Crippen LogP contribution in [0.15, 0.2) is 60.3 Å². The molecule has 0 radical (unpaired) electrons. The maximum Gasteiger partial charge on any atom is 0.573 e. The summed E-state index contributed by atoms with van der Waals surface area (Å²) in [7, 11) is 1.34. The fourth-order valence-corrected chi connectivity index (χ4v) is 3.94. The Morgan fingerprint density at radius 1 is 1.11 bits per heavy atom. The summed E-state index contributed by atoms with van der Waals surface area (Å²) in [5.41, 5.74) is 5.85. The molecule has 0 amide bonds. The Morgan fingerprint density at radius 3 is 2.67 bits per heavy atom. The van der Waals surface area contributed by atoms with Crippen molar-refractivity contribution in [2.75, 3.05) is 12.4 Å². The number of carbonyl (C=O) groups excluding carboxylic acids is 2. The fraction of sp³-hybridized carbons (Fsp3) is 0.222. The summed E-state index contributed by atoms with van der Waals surface area (Å²) in [6.45, 7) is 2.42. The van der Waals surface area contributed by atoms with Crippen LogP contribution in [0.2, 0.25) is 0 Å². The van der Waals surface area contributed by atoms with Crippen LogP contribution in [-0.2, 0) is 28.9 Å². The van der Waals surface area contributed by atoms with Gasteiger partial charge in [0.05, 0.1) is 24.7 Å². The van der Waals surface area contributed by atoms with E-state index in [4.69, 9.17) is 4.74 Å². The van der Waals surface area contributed by atoms with Crippen LogP contribution in [0.3, 0.4) is 0 Å². The zero-order valence-corrected chi connectivity index (χ0v) is 19.6. The first kappa shape index (κ1) is 25.0. The quantitative estimate of drug-likeness (QED) is 0.331. The van der Waals surface area contributed by atoms with Gasteiger partial charge in [-0.2, -0.15) is 0 Å². The van der Waals surface area contributed by atoms with Crippen LogP contribution in [-0.4, -0.2) is 30.2 Å². The molecule has 1 aliphatic rings. The predicted molar refractivity (Wildman–Crippen MR) is 128 cm³/mol. The van der Waals surface area contributed by atoms with Gasteiger partial charge >= 0.3 is 12.3 Å². The minimum atomic E-state index is -4.82. The first-order valence-corrected chi connectivity index (χ1v) is 11.1. The van der Waals surface area contributed by atoms with Crippen LogP contribution in [0.4, 0.5) is 18.9 Å². The summed E-state index contributed by atoms with van der Waals surface area (Å²) in [6, 6.07) is 12.6. The molecule has 1 heterocycles. The van der Waals surface area contributed by atoms with E-state index in [0.717, 1.165) is 45.8 Å². The molecule has 0 spiro atoms. The topological polar surface area (TPSA) is 77.5 Å². The molecular weight excluding hydrogens is 473 g/mol. The second-order valence-electron chi connectivity index (χ2n) is 8.39. The van der Waals surface area contributed by atoms with Gasteiger partial charge in [-0.05, 0) is 53.5 Å². The zero-order chi connectivity index (χ0) is 25.9. The molecule has 0 saturated heterocycles. The van der Waals surface area contributed by atoms with Crippen molar-refractivity contribution in [1.82, 2.24) is 4.98 Å². The lowest BCUT2D eigenvalue weighted by molar-refractivity contribution is -0.274. The van der Waals surface area contributed by atoms with E-state index in [-0.39, 0.29) is 23.7 Å². The number of alkyl halides is 3. The molecule has 186 valence electrons. The number of fused-ring (bicyclic) bond motifs is 1. The molecule has 0 unspecified atom stereocenters. The van der Waals surface area contributed by atoms with E-state index in [0.29, 0.717) is 18.5 Å². The minimum Gasteiger partial charge on any atom is -0.466 e. The molecule has 1 N–H and O–H groups in total. The first-order chi connectivity index (χ1) is 17.1. The van der Waals surface area contributed by atoms with E-state index in [1.54, 1.807) is 12.3 Å². The third kappa shape index (κ3) is 6.10. The SMILES string of the molecule is COC(=O)C1=Cc2cc(NCc3cc(CC(=O)c4cccc(OC(F)(F)F)c4)ccc3C)cnc2C1. The molecule has 2 aromatic carbocycles.